The first-order valence-electron chi connectivity index (χ1n) is 7.72. The Labute approximate surface area is 166 Å². The fourth-order valence-corrected chi connectivity index (χ4v) is 3.25. The molecule has 1 amide bonds. The Bertz CT molecular complexity index is 925. The molecule has 3 aromatic rings. The van der Waals surface area contributed by atoms with Crippen LogP contribution in [0.3, 0.4) is 0 Å². The van der Waals surface area contributed by atoms with Crippen LogP contribution in [0.5, 0.6) is 0 Å². The van der Waals surface area contributed by atoms with Gasteiger partial charge in [-0.1, -0.05) is 53.2 Å². The van der Waals surface area contributed by atoms with Crippen molar-refractivity contribution in [1.29, 1.82) is 0 Å². The van der Waals surface area contributed by atoms with E-state index in [4.69, 9.17) is 23.2 Å². The number of nitrogens with zero attached hydrogens (tertiary/aromatic N) is 1. The van der Waals surface area contributed by atoms with Crippen LogP contribution < -0.4 is 5.43 Å². The molecule has 0 saturated carbocycles. The summed E-state index contributed by atoms with van der Waals surface area (Å²) in [5.41, 5.74) is 3.84. The summed E-state index contributed by atoms with van der Waals surface area (Å²) in [6.07, 6.45) is 1.60. The topological polar surface area (TPSA) is 41.5 Å². The maximum absolute atomic E-state index is 12.0. The molecule has 0 bridgehead atoms. The average molecular weight is 401 g/mol. The minimum Gasteiger partial charge on any atom is -0.267 e. The number of hydrogen-bond acceptors (Lipinski definition) is 3. The molecule has 0 fully saturated rings. The quantitative estimate of drug-likeness (QED) is 0.427. The number of benzene rings is 3. The zero-order valence-corrected chi connectivity index (χ0v) is 15.9. The standard InChI is InChI=1S/C20H14Cl2N2OS/c21-16-6-10-19(11-7-16)26-18-8-4-14(5-9-18)13-23-24-20(25)15-2-1-3-17(22)12-15/h1-13H,(H,24,25)/b23-13-. The highest BCUT2D eigenvalue weighted by Crippen LogP contribution is 2.28. The molecule has 0 saturated heterocycles. The minimum absolute atomic E-state index is 0.307. The summed E-state index contributed by atoms with van der Waals surface area (Å²) in [7, 11) is 0. The Balaban J connectivity index is 1.57. The van der Waals surface area contributed by atoms with Crippen molar-refractivity contribution in [2.24, 2.45) is 5.10 Å². The number of amides is 1. The number of rotatable bonds is 5. The highest BCUT2D eigenvalue weighted by Gasteiger charge is 2.04. The molecule has 0 aliphatic heterocycles. The van der Waals surface area contributed by atoms with Gasteiger partial charge in [-0.05, 0) is 60.2 Å². The molecule has 0 aliphatic rings. The van der Waals surface area contributed by atoms with Gasteiger partial charge in [0.05, 0.1) is 6.21 Å². The maximum atomic E-state index is 12.0. The smallest absolute Gasteiger partial charge is 0.267 e. The van der Waals surface area contributed by atoms with Gasteiger partial charge in [0.25, 0.3) is 5.91 Å². The Kier molecular flexibility index (Phi) is 6.34. The summed E-state index contributed by atoms with van der Waals surface area (Å²) in [6.45, 7) is 0. The third-order valence-electron chi connectivity index (χ3n) is 3.40. The van der Waals surface area contributed by atoms with Gasteiger partial charge in [-0.2, -0.15) is 5.10 Å². The van der Waals surface area contributed by atoms with Crippen LogP contribution in [0, 0.1) is 0 Å². The van der Waals surface area contributed by atoms with Crippen molar-refractivity contribution in [2.45, 2.75) is 9.79 Å². The van der Waals surface area contributed by atoms with Crippen molar-refractivity contribution in [2.75, 3.05) is 0 Å². The molecule has 0 aromatic heterocycles. The van der Waals surface area contributed by atoms with Crippen LogP contribution in [0.25, 0.3) is 0 Å². The minimum atomic E-state index is -0.307. The van der Waals surface area contributed by atoms with Crippen molar-refractivity contribution in [1.82, 2.24) is 5.43 Å². The van der Waals surface area contributed by atoms with E-state index in [1.54, 1.807) is 42.2 Å². The Morgan fingerprint density at radius 1 is 0.885 bits per heavy atom. The van der Waals surface area contributed by atoms with E-state index in [-0.39, 0.29) is 5.91 Å². The molecular formula is C20H14Cl2N2OS. The van der Waals surface area contributed by atoms with E-state index in [0.29, 0.717) is 10.6 Å². The van der Waals surface area contributed by atoms with Crippen LogP contribution in [-0.2, 0) is 0 Å². The fraction of sp³-hybridized carbons (Fsp3) is 0. The molecule has 0 radical (unpaired) electrons. The Hall–Kier alpha value is -2.27. The number of hydrazone groups is 1. The van der Waals surface area contributed by atoms with Crippen LogP contribution in [0.4, 0.5) is 0 Å². The second kappa shape index (κ2) is 8.90. The van der Waals surface area contributed by atoms with Gasteiger partial charge in [0.15, 0.2) is 0 Å². The van der Waals surface area contributed by atoms with E-state index in [9.17, 15) is 4.79 Å². The SMILES string of the molecule is O=C(N/N=C\c1ccc(Sc2ccc(Cl)cc2)cc1)c1cccc(Cl)c1. The lowest BCUT2D eigenvalue weighted by Gasteiger charge is -2.03. The van der Waals surface area contributed by atoms with Gasteiger partial charge in [0, 0.05) is 25.4 Å². The van der Waals surface area contributed by atoms with Gasteiger partial charge in [0.1, 0.15) is 0 Å². The molecular weight excluding hydrogens is 387 g/mol. The number of hydrogen-bond donors (Lipinski definition) is 1. The second-order valence-corrected chi connectivity index (χ2v) is 7.35. The Morgan fingerprint density at radius 3 is 2.19 bits per heavy atom. The van der Waals surface area contributed by atoms with E-state index in [2.05, 4.69) is 10.5 Å². The molecule has 3 rings (SSSR count). The monoisotopic (exact) mass is 400 g/mol. The maximum Gasteiger partial charge on any atom is 0.271 e. The summed E-state index contributed by atoms with van der Waals surface area (Å²) in [4.78, 5) is 14.2. The van der Waals surface area contributed by atoms with Gasteiger partial charge >= 0.3 is 0 Å². The molecule has 0 spiro atoms. The summed E-state index contributed by atoms with van der Waals surface area (Å²) >= 11 is 13.4. The number of carbonyl (C=O) groups excluding carboxylic acids is 1. The fourth-order valence-electron chi connectivity index (χ4n) is 2.12. The van der Waals surface area contributed by atoms with E-state index in [0.717, 1.165) is 20.4 Å². The van der Waals surface area contributed by atoms with Crippen molar-refractivity contribution < 1.29 is 4.79 Å². The zero-order chi connectivity index (χ0) is 18.4. The molecule has 0 unspecified atom stereocenters. The lowest BCUT2D eigenvalue weighted by molar-refractivity contribution is 0.0955. The number of halogens is 2. The van der Waals surface area contributed by atoms with Crippen molar-refractivity contribution >= 4 is 47.1 Å². The first-order valence-corrected chi connectivity index (χ1v) is 9.30. The molecule has 1 N–H and O–H groups in total. The first-order chi connectivity index (χ1) is 12.6. The summed E-state index contributed by atoms with van der Waals surface area (Å²) in [6, 6.07) is 22.3. The predicted molar refractivity (Wildman–Crippen MR) is 109 cm³/mol. The largest absolute Gasteiger partial charge is 0.271 e. The number of nitrogens with one attached hydrogen (secondary N) is 1. The highest BCUT2D eigenvalue weighted by atomic mass is 35.5. The van der Waals surface area contributed by atoms with Gasteiger partial charge in [0.2, 0.25) is 0 Å². The third-order valence-corrected chi connectivity index (χ3v) is 4.90. The third kappa shape index (κ3) is 5.36. The van der Waals surface area contributed by atoms with Gasteiger partial charge < -0.3 is 0 Å². The second-order valence-electron chi connectivity index (χ2n) is 5.33. The van der Waals surface area contributed by atoms with Crippen LogP contribution in [0.1, 0.15) is 15.9 Å². The predicted octanol–water partition coefficient (Wildman–Crippen LogP) is 5.91. The number of carbonyl (C=O) groups is 1. The van der Waals surface area contributed by atoms with Crippen LogP contribution in [0.15, 0.2) is 87.7 Å². The van der Waals surface area contributed by atoms with E-state index in [1.807, 2.05) is 48.5 Å². The first kappa shape index (κ1) is 18.5. The molecule has 3 aromatic carbocycles. The van der Waals surface area contributed by atoms with Gasteiger partial charge in [-0.15, -0.1) is 0 Å². The summed E-state index contributed by atoms with van der Waals surface area (Å²) in [5.74, 6) is -0.307. The molecule has 26 heavy (non-hydrogen) atoms. The van der Waals surface area contributed by atoms with Crippen LogP contribution in [0.2, 0.25) is 10.0 Å². The van der Waals surface area contributed by atoms with Crippen molar-refractivity contribution in [3.63, 3.8) is 0 Å². The van der Waals surface area contributed by atoms with Gasteiger partial charge in [-0.25, -0.2) is 5.43 Å². The summed E-state index contributed by atoms with van der Waals surface area (Å²) < 4.78 is 0. The molecule has 0 heterocycles. The average Bonchev–Trinajstić information content (AvgIpc) is 2.65. The van der Waals surface area contributed by atoms with Gasteiger partial charge in [-0.3, -0.25) is 4.79 Å². The van der Waals surface area contributed by atoms with E-state index < -0.39 is 0 Å². The van der Waals surface area contributed by atoms with Crippen molar-refractivity contribution in [3.05, 3.63) is 94.0 Å². The summed E-state index contributed by atoms with van der Waals surface area (Å²) in [5, 5.41) is 5.21. The van der Waals surface area contributed by atoms with Crippen molar-refractivity contribution in [3.8, 4) is 0 Å². The van der Waals surface area contributed by atoms with Crippen LogP contribution in [-0.4, -0.2) is 12.1 Å². The normalized spacial score (nSPS) is 10.8. The lowest BCUT2D eigenvalue weighted by atomic mass is 10.2. The Morgan fingerprint density at radius 2 is 1.54 bits per heavy atom. The lowest BCUT2D eigenvalue weighted by Crippen LogP contribution is -2.17. The molecule has 0 aliphatic carbocycles. The highest BCUT2D eigenvalue weighted by molar-refractivity contribution is 7.99. The van der Waals surface area contributed by atoms with Crippen LogP contribution >= 0.6 is 35.0 Å². The molecule has 0 atom stereocenters. The molecule has 130 valence electrons. The molecule has 6 heteroatoms. The molecule has 3 nitrogen and oxygen atoms in total. The zero-order valence-electron chi connectivity index (χ0n) is 13.5. The van der Waals surface area contributed by atoms with E-state index >= 15 is 0 Å². The van der Waals surface area contributed by atoms with E-state index in [1.165, 1.54) is 0 Å².